The third-order valence-electron chi connectivity index (χ3n) is 3.42. The van der Waals surface area contributed by atoms with Gasteiger partial charge in [-0.1, -0.05) is 0 Å². The van der Waals surface area contributed by atoms with E-state index in [0.29, 0.717) is 30.3 Å². The van der Waals surface area contributed by atoms with Crippen LogP contribution in [0, 0.1) is 0 Å². The maximum atomic E-state index is 10.7. The Kier molecular flexibility index (Phi) is 3.68. The largest absolute Gasteiger partial charge is 0.480 e. The van der Waals surface area contributed by atoms with Gasteiger partial charge in [0.1, 0.15) is 11.3 Å². The van der Waals surface area contributed by atoms with Gasteiger partial charge in [0.2, 0.25) is 11.8 Å². The highest BCUT2D eigenvalue weighted by molar-refractivity contribution is 5.28. The van der Waals surface area contributed by atoms with Crippen LogP contribution < -0.4 is 15.2 Å². The molecule has 1 saturated carbocycles. The van der Waals surface area contributed by atoms with Crippen LogP contribution in [0.25, 0.3) is 0 Å². The Balaban J connectivity index is 2.32. The average Bonchev–Trinajstić information content (AvgIpc) is 2.41. The first-order chi connectivity index (χ1) is 8.59. The summed E-state index contributed by atoms with van der Waals surface area (Å²) in [5.74, 6) is 0.680. The fraction of sp³-hybridized carbons (Fsp3) is 0.667. The second-order valence-electron chi connectivity index (χ2n) is 4.64. The van der Waals surface area contributed by atoms with E-state index in [4.69, 9.17) is 15.2 Å². The Morgan fingerprint density at radius 3 is 2.56 bits per heavy atom. The van der Waals surface area contributed by atoms with Crippen LogP contribution in [0.15, 0.2) is 6.20 Å². The molecule has 0 aromatic carbocycles. The summed E-state index contributed by atoms with van der Waals surface area (Å²) in [6.45, 7) is 0. The molecule has 0 atom stereocenters. The molecule has 18 heavy (non-hydrogen) atoms. The van der Waals surface area contributed by atoms with Crippen molar-refractivity contribution in [3.63, 3.8) is 0 Å². The van der Waals surface area contributed by atoms with E-state index in [0.717, 1.165) is 12.8 Å². The fourth-order valence-corrected chi connectivity index (χ4v) is 2.27. The summed E-state index contributed by atoms with van der Waals surface area (Å²) >= 11 is 0. The molecular weight excluding hydrogens is 234 g/mol. The molecule has 0 unspecified atom stereocenters. The Labute approximate surface area is 106 Å². The Hall–Kier alpha value is -1.40. The van der Waals surface area contributed by atoms with Crippen LogP contribution in [0.4, 0.5) is 0 Å². The number of ether oxygens (including phenoxy) is 2. The molecule has 1 aromatic heterocycles. The lowest BCUT2D eigenvalue weighted by Crippen LogP contribution is -2.37. The van der Waals surface area contributed by atoms with E-state index in [9.17, 15) is 5.11 Å². The first-order valence-electron chi connectivity index (χ1n) is 6.02. The summed E-state index contributed by atoms with van der Waals surface area (Å²) in [7, 11) is 3.02. The van der Waals surface area contributed by atoms with Crippen LogP contribution in [0.5, 0.6) is 11.8 Å². The molecule has 0 radical (unpaired) electrons. The first kappa shape index (κ1) is 13.0. The van der Waals surface area contributed by atoms with Crippen LogP contribution >= 0.6 is 0 Å². The zero-order valence-electron chi connectivity index (χ0n) is 10.7. The number of methoxy groups -OCH3 is 2. The van der Waals surface area contributed by atoms with Gasteiger partial charge < -0.3 is 20.3 Å². The molecule has 1 aliphatic carbocycles. The molecular formula is C12H19N3O3. The van der Waals surface area contributed by atoms with Crippen molar-refractivity contribution >= 4 is 0 Å². The van der Waals surface area contributed by atoms with E-state index in [1.807, 2.05) is 0 Å². The summed E-state index contributed by atoms with van der Waals surface area (Å²) in [6, 6.07) is 0.155. The molecule has 3 N–H and O–H groups in total. The van der Waals surface area contributed by atoms with Crippen molar-refractivity contribution in [1.29, 1.82) is 0 Å². The van der Waals surface area contributed by atoms with Crippen molar-refractivity contribution in [2.24, 2.45) is 5.73 Å². The van der Waals surface area contributed by atoms with Crippen molar-refractivity contribution in [2.45, 2.75) is 37.3 Å². The molecule has 0 bridgehead atoms. The molecule has 6 heteroatoms. The van der Waals surface area contributed by atoms with Gasteiger partial charge in [0.25, 0.3) is 0 Å². The quantitative estimate of drug-likeness (QED) is 0.819. The van der Waals surface area contributed by atoms with E-state index in [1.54, 1.807) is 0 Å². The van der Waals surface area contributed by atoms with Gasteiger partial charge in [0.05, 0.1) is 20.4 Å². The number of hydrogen-bond donors (Lipinski definition) is 2. The highest BCUT2D eigenvalue weighted by Gasteiger charge is 2.38. The zero-order valence-corrected chi connectivity index (χ0v) is 10.7. The summed E-state index contributed by atoms with van der Waals surface area (Å²) in [4.78, 5) is 8.39. The second-order valence-corrected chi connectivity index (χ2v) is 4.64. The van der Waals surface area contributed by atoms with Crippen LogP contribution in [0.2, 0.25) is 0 Å². The number of nitrogens with zero attached hydrogens (tertiary/aromatic N) is 2. The van der Waals surface area contributed by atoms with Gasteiger partial charge in [0.15, 0.2) is 0 Å². The molecule has 1 aromatic rings. The minimum absolute atomic E-state index is 0.155. The number of rotatable bonds is 3. The maximum Gasteiger partial charge on any atom is 0.241 e. The van der Waals surface area contributed by atoms with Gasteiger partial charge in [-0.3, -0.25) is 0 Å². The van der Waals surface area contributed by atoms with E-state index in [-0.39, 0.29) is 6.04 Å². The van der Waals surface area contributed by atoms with E-state index >= 15 is 0 Å². The third-order valence-corrected chi connectivity index (χ3v) is 3.42. The molecule has 2 rings (SSSR count). The number of nitrogens with two attached hydrogens (primary N) is 1. The minimum atomic E-state index is -1.000. The standard InChI is InChI=1S/C12H19N3O3/c1-17-9-7-14-10(11(15-9)18-2)12(16)5-3-8(13)4-6-12/h7-8,16H,3-6,13H2,1-2H3. The Morgan fingerprint density at radius 1 is 1.33 bits per heavy atom. The van der Waals surface area contributed by atoms with Gasteiger partial charge >= 0.3 is 0 Å². The summed E-state index contributed by atoms with van der Waals surface area (Å²) in [5.41, 5.74) is 5.32. The lowest BCUT2D eigenvalue weighted by atomic mass is 9.80. The summed E-state index contributed by atoms with van der Waals surface area (Å²) in [5, 5.41) is 10.7. The van der Waals surface area contributed by atoms with Gasteiger partial charge in [-0.2, -0.15) is 4.98 Å². The second kappa shape index (κ2) is 5.07. The van der Waals surface area contributed by atoms with Crippen LogP contribution in [0.3, 0.4) is 0 Å². The number of hydrogen-bond acceptors (Lipinski definition) is 6. The molecule has 1 fully saturated rings. The topological polar surface area (TPSA) is 90.5 Å². The first-order valence-corrected chi connectivity index (χ1v) is 6.02. The van der Waals surface area contributed by atoms with E-state index in [2.05, 4.69) is 9.97 Å². The van der Waals surface area contributed by atoms with E-state index in [1.165, 1.54) is 20.4 Å². The van der Waals surface area contributed by atoms with Gasteiger partial charge in [-0.25, -0.2) is 4.98 Å². The van der Waals surface area contributed by atoms with Crippen molar-refractivity contribution < 1.29 is 14.6 Å². The molecule has 100 valence electrons. The molecule has 1 heterocycles. The molecule has 0 saturated heterocycles. The normalized spacial score (nSPS) is 27.9. The van der Waals surface area contributed by atoms with E-state index < -0.39 is 5.60 Å². The zero-order chi connectivity index (χ0) is 13.2. The van der Waals surface area contributed by atoms with Crippen molar-refractivity contribution in [1.82, 2.24) is 9.97 Å². The Bertz CT molecular complexity index is 417. The van der Waals surface area contributed by atoms with Gasteiger partial charge in [-0.05, 0) is 25.7 Å². The maximum absolute atomic E-state index is 10.7. The minimum Gasteiger partial charge on any atom is -0.480 e. The summed E-state index contributed by atoms with van der Waals surface area (Å²) < 4.78 is 10.2. The predicted molar refractivity (Wildman–Crippen MR) is 65.5 cm³/mol. The smallest absolute Gasteiger partial charge is 0.241 e. The fourth-order valence-electron chi connectivity index (χ4n) is 2.27. The number of aliphatic hydroxyl groups is 1. The average molecular weight is 253 g/mol. The molecule has 0 spiro atoms. The highest BCUT2D eigenvalue weighted by Crippen LogP contribution is 2.39. The monoisotopic (exact) mass is 253 g/mol. The molecule has 0 amide bonds. The van der Waals surface area contributed by atoms with Crippen LogP contribution in [0.1, 0.15) is 31.4 Å². The molecule has 0 aliphatic heterocycles. The van der Waals surface area contributed by atoms with Crippen LogP contribution in [-0.4, -0.2) is 35.3 Å². The van der Waals surface area contributed by atoms with Crippen molar-refractivity contribution in [3.05, 3.63) is 11.9 Å². The molecule has 1 aliphatic rings. The highest BCUT2D eigenvalue weighted by atomic mass is 16.5. The lowest BCUT2D eigenvalue weighted by molar-refractivity contribution is -0.0116. The van der Waals surface area contributed by atoms with Crippen molar-refractivity contribution in [3.8, 4) is 11.8 Å². The van der Waals surface area contributed by atoms with Crippen molar-refractivity contribution in [2.75, 3.05) is 14.2 Å². The van der Waals surface area contributed by atoms with Crippen LogP contribution in [-0.2, 0) is 5.60 Å². The third kappa shape index (κ3) is 2.39. The molecule has 6 nitrogen and oxygen atoms in total. The Morgan fingerprint density at radius 2 is 2.00 bits per heavy atom. The van der Waals surface area contributed by atoms with Gasteiger partial charge in [-0.15, -0.1) is 0 Å². The lowest BCUT2D eigenvalue weighted by Gasteiger charge is -2.34. The van der Waals surface area contributed by atoms with Gasteiger partial charge in [0, 0.05) is 6.04 Å². The number of aromatic nitrogens is 2. The SMILES string of the molecule is COc1cnc(C2(O)CCC(N)CC2)c(OC)n1. The summed E-state index contributed by atoms with van der Waals surface area (Å²) in [6.07, 6.45) is 4.18. The predicted octanol–water partition coefficient (Wildman–Crippen LogP) is 0.583.